The molecule has 6 unspecified atom stereocenters. The molecule has 73 heavy (non-hydrogen) atoms. The molecule has 6 atom stereocenters. The van der Waals surface area contributed by atoms with Gasteiger partial charge in [-0.3, -0.25) is 14.4 Å². The van der Waals surface area contributed by atoms with Gasteiger partial charge in [-0.2, -0.15) is 0 Å². The summed E-state index contributed by atoms with van der Waals surface area (Å²) in [5.41, 5.74) is 0. The number of carboxylic acid groups (broad SMARTS) is 1. The molecule has 0 radical (unpaired) electrons. The van der Waals surface area contributed by atoms with E-state index in [0.717, 1.165) is 109 Å². The Morgan fingerprint density at radius 3 is 1.34 bits per heavy atom. The molecule has 1 aliphatic rings. The van der Waals surface area contributed by atoms with Gasteiger partial charge in [0.15, 0.2) is 24.6 Å². The first-order valence-electron chi connectivity index (χ1n) is 28.9. The predicted octanol–water partition coefficient (Wildman–Crippen LogP) is 14.6. The van der Waals surface area contributed by atoms with Gasteiger partial charge >= 0.3 is 23.9 Å². The molecule has 12 nitrogen and oxygen atoms in total. The number of carbonyl (C=O) groups excluding carboxylic acids is 3. The minimum atomic E-state index is -1.92. The lowest BCUT2D eigenvalue weighted by molar-refractivity contribution is -0.301. The number of esters is 3. The highest BCUT2D eigenvalue weighted by atomic mass is 16.7. The lowest BCUT2D eigenvalue weighted by Crippen LogP contribution is -2.61. The number of aliphatic hydroxyl groups is 2. The monoisotopic (exact) mass is 1030 g/mol. The van der Waals surface area contributed by atoms with Crippen LogP contribution in [0, 0.1) is 0 Å². The number of allylic oxidation sites excluding steroid dienone is 12. The van der Waals surface area contributed by atoms with E-state index in [1.807, 2.05) is 0 Å². The summed E-state index contributed by atoms with van der Waals surface area (Å²) < 4.78 is 28.3. The molecule has 1 heterocycles. The van der Waals surface area contributed by atoms with Crippen LogP contribution in [-0.2, 0) is 42.9 Å². The molecule has 418 valence electrons. The van der Waals surface area contributed by atoms with Crippen LogP contribution in [-0.4, -0.2) is 89.2 Å². The van der Waals surface area contributed by atoms with Crippen molar-refractivity contribution in [1.82, 2.24) is 0 Å². The van der Waals surface area contributed by atoms with Gasteiger partial charge in [-0.05, 0) is 89.9 Å². The molecule has 0 bridgehead atoms. The molecule has 1 rings (SSSR count). The molecule has 0 amide bonds. The van der Waals surface area contributed by atoms with Crippen LogP contribution < -0.4 is 0 Å². The fraction of sp³-hybridized carbons (Fsp3) is 0.738. The highest BCUT2D eigenvalue weighted by Gasteiger charge is 2.50. The Bertz CT molecular complexity index is 1550. The lowest BCUT2D eigenvalue weighted by atomic mass is 9.98. The Morgan fingerprint density at radius 1 is 0.466 bits per heavy atom. The first kappa shape index (κ1) is 67.2. The van der Waals surface area contributed by atoms with Crippen LogP contribution in [0.2, 0.25) is 0 Å². The van der Waals surface area contributed by atoms with Gasteiger partial charge in [0.25, 0.3) is 0 Å². The second kappa shape index (κ2) is 49.1. The fourth-order valence-corrected chi connectivity index (χ4v) is 8.33. The largest absolute Gasteiger partial charge is 0.479 e. The molecular weight excluding hydrogens is 925 g/mol. The predicted molar refractivity (Wildman–Crippen MR) is 294 cm³/mol. The molecule has 0 aromatic rings. The fourth-order valence-electron chi connectivity index (χ4n) is 8.33. The quantitative estimate of drug-likeness (QED) is 0.0228. The molecular formula is C61H102O12. The van der Waals surface area contributed by atoms with Crippen molar-refractivity contribution in [3.05, 3.63) is 72.9 Å². The number of carbonyl (C=O) groups is 4. The van der Waals surface area contributed by atoms with E-state index in [1.54, 1.807) is 0 Å². The standard InChI is InChI=1S/C61H102O12/c1-4-7-10-13-16-19-21-23-25-26-27-28-30-32-34-37-40-43-46-49-55(64)72-59-57(66)56(65)58(60(67)68)73-61(59)70-51-52(71-54(63)48-45-42-39-35-18-15-12-9-6-3)50-69-53(62)47-44-41-38-36-33-31-29-24-22-20-17-14-11-8-5-2/h7,10,16,19,23-25,27-29,32,34,52,56-59,61,65-66H,4-6,8-9,11-15,17-18,20-22,26,30-31,33,35-51H2,1-3H3,(H,67,68)/b10-7-,19-16-,25-23-,28-27-,29-24-,34-32-. The van der Waals surface area contributed by atoms with Crippen LogP contribution in [0.1, 0.15) is 239 Å². The van der Waals surface area contributed by atoms with Gasteiger partial charge in [0.05, 0.1) is 6.61 Å². The number of carboxylic acids is 1. The second-order valence-electron chi connectivity index (χ2n) is 19.5. The summed E-state index contributed by atoms with van der Waals surface area (Å²) in [6, 6.07) is 0. The number of hydrogen-bond donors (Lipinski definition) is 3. The molecule has 1 fully saturated rings. The van der Waals surface area contributed by atoms with Gasteiger partial charge in [0, 0.05) is 19.3 Å². The maximum atomic E-state index is 13.1. The summed E-state index contributed by atoms with van der Waals surface area (Å²) in [6.07, 6.45) is 48.8. The maximum Gasteiger partial charge on any atom is 0.335 e. The third-order valence-corrected chi connectivity index (χ3v) is 12.8. The molecule has 0 aromatic heterocycles. The Hall–Kier alpha value is -3.84. The van der Waals surface area contributed by atoms with Crippen LogP contribution in [0.5, 0.6) is 0 Å². The molecule has 0 spiro atoms. The molecule has 1 aliphatic heterocycles. The van der Waals surface area contributed by atoms with Crippen molar-refractivity contribution in [2.24, 2.45) is 0 Å². The second-order valence-corrected chi connectivity index (χ2v) is 19.5. The summed E-state index contributed by atoms with van der Waals surface area (Å²) in [7, 11) is 0. The van der Waals surface area contributed by atoms with E-state index in [1.165, 1.54) is 70.6 Å². The first-order valence-corrected chi connectivity index (χ1v) is 28.9. The van der Waals surface area contributed by atoms with Crippen LogP contribution in [0.3, 0.4) is 0 Å². The summed E-state index contributed by atoms with van der Waals surface area (Å²) in [5, 5.41) is 31.4. The topological polar surface area (TPSA) is 175 Å². The SMILES string of the molecule is CC/C=C\C/C=C\C/C=C\C/C=C\C/C=C\CCCCCC(=O)OC1C(OCC(COC(=O)CCCCCCC/C=C\CCCCCCCC)OC(=O)CCCCCCCCCCC)OC(C(=O)O)C(O)C1O. The number of rotatable bonds is 48. The number of aliphatic carboxylic acids is 1. The van der Waals surface area contributed by atoms with Crippen molar-refractivity contribution in [3.63, 3.8) is 0 Å². The first-order chi connectivity index (χ1) is 35.6. The van der Waals surface area contributed by atoms with Gasteiger partial charge in [0.1, 0.15) is 18.8 Å². The van der Waals surface area contributed by atoms with Crippen LogP contribution >= 0.6 is 0 Å². The zero-order valence-electron chi connectivity index (χ0n) is 45.9. The molecule has 0 saturated carbocycles. The summed E-state index contributed by atoms with van der Waals surface area (Å²) >= 11 is 0. The summed E-state index contributed by atoms with van der Waals surface area (Å²) in [4.78, 5) is 50.9. The van der Waals surface area contributed by atoms with Crippen molar-refractivity contribution < 1.29 is 58.2 Å². The molecule has 1 saturated heterocycles. The Balaban J connectivity index is 2.68. The van der Waals surface area contributed by atoms with Crippen molar-refractivity contribution >= 4 is 23.9 Å². The smallest absolute Gasteiger partial charge is 0.335 e. The highest BCUT2D eigenvalue weighted by molar-refractivity contribution is 5.74. The third-order valence-electron chi connectivity index (χ3n) is 12.8. The average molecular weight is 1030 g/mol. The van der Waals surface area contributed by atoms with Crippen molar-refractivity contribution in [2.45, 2.75) is 276 Å². The average Bonchev–Trinajstić information content (AvgIpc) is 3.37. The van der Waals surface area contributed by atoms with Crippen molar-refractivity contribution in [3.8, 4) is 0 Å². The van der Waals surface area contributed by atoms with E-state index in [9.17, 15) is 34.5 Å². The number of hydrogen-bond acceptors (Lipinski definition) is 11. The molecule has 0 aromatic carbocycles. The number of ether oxygens (including phenoxy) is 5. The molecule has 3 N–H and O–H groups in total. The Labute approximate surface area is 442 Å². The van der Waals surface area contributed by atoms with Gasteiger partial charge in [-0.15, -0.1) is 0 Å². The van der Waals surface area contributed by atoms with E-state index < -0.39 is 67.3 Å². The third kappa shape index (κ3) is 39.3. The Kier molecular flexibility index (Phi) is 45.1. The summed E-state index contributed by atoms with van der Waals surface area (Å²) in [6.45, 7) is 5.82. The zero-order valence-corrected chi connectivity index (χ0v) is 45.9. The highest BCUT2D eigenvalue weighted by Crippen LogP contribution is 2.26. The molecule has 0 aliphatic carbocycles. The van der Waals surface area contributed by atoms with Crippen LogP contribution in [0.15, 0.2) is 72.9 Å². The van der Waals surface area contributed by atoms with E-state index in [-0.39, 0.29) is 25.9 Å². The Morgan fingerprint density at radius 2 is 0.863 bits per heavy atom. The van der Waals surface area contributed by atoms with E-state index >= 15 is 0 Å². The molecule has 12 heteroatoms. The number of aliphatic hydroxyl groups excluding tert-OH is 2. The minimum Gasteiger partial charge on any atom is -0.479 e. The van der Waals surface area contributed by atoms with Crippen LogP contribution in [0.25, 0.3) is 0 Å². The summed E-state index contributed by atoms with van der Waals surface area (Å²) in [5.74, 6) is -3.17. The maximum absolute atomic E-state index is 13.1. The van der Waals surface area contributed by atoms with Gasteiger partial charge in [-0.1, -0.05) is 203 Å². The van der Waals surface area contributed by atoms with E-state index in [2.05, 4.69) is 93.7 Å². The lowest BCUT2D eigenvalue weighted by Gasteiger charge is -2.40. The minimum absolute atomic E-state index is 0.0197. The van der Waals surface area contributed by atoms with Gasteiger partial charge in [0.2, 0.25) is 0 Å². The van der Waals surface area contributed by atoms with E-state index in [0.29, 0.717) is 19.3 Å². The van der Waals surface area contributed by atoms with Crippen LogP contribution in [0.4, 0.5) is 0 Å². The van der Waals surface area contributed by atoms with Gasteiger partial charge < -0.3 is 39.0 Å². The normalized spacial score (nSPS) is 18.8. The van der Waals surface area contributed by atoms with E-state index in [4.69, 9.17) is 23.7 Å². The number of unbranched alkanes of at least 4 members (excludes halogenated alkanes) is 22. The zero-order chi connectivity index (χ0) is 53.3. The van der Waals surface area contributed by atoms with Crippen molar-refractivity contribution in [2.75, 3.05) is 13.2 Å². The van der Waals surface area contributed by atoms with Crippen molar-refractivity contribution in [1.29, 1.82) is 0 Å². The van der Waals surface area contributed by atoms with Gasteiger partial charge in [-0.25, -0.2) is 4.79 Å².